The monoisotopic (exact) mass is 397 g/mol. The molecule has 2 aromatic rings. The topological polar surface area (TPSA) is 103 Å². The van der Waals surface area contributed by atoms with E-state index in [1.807, 2.05) is 13.8 Å². The number of nitriles is 1. The maximum Gasteiger partial charge on any atom is 0.262 e. The van der Waals surface area contributed by atoms with Gasteiger partial charge in [0.25, 0.3) is 5.91 Å². The molecule has 1 aromatic carbocycles. The highest BCUT2D eigenvalue weighted by Gasteiger charge is 2.28. The Kier molecular flexibility index (Phi) is 5.89. The smallest absolute Gasteiger partial charge is 0.262 e. The SMILES string of the molecule is COc1ccc(NC(=O)COc2nc3c(cc2C#N)COC(C)(C)C3)c(OC)c1. The van der Waals surface area contributed by atoms with Crippen LogP contribution in [0.5, 0.6) is 17.4 Å². The first-order chi connectivity index (χ1) is 13.8. The first-order valence-corrected chi connectivity index (χ1v) is 9.06. The Labute approximate surface area is 169 Å². The fraction of sp³-hybridized carbons (Fsp3) is 0.381. The van der Waals surface area contributed by atoms with Crippen LogP contribution in [-0.4, -0.2) is 37.3 Å². The number of aromatic nitrogens is 1. The molecule has 8 nitrogen and oxygen atoms in total. The van der Waals surface area contributed by atoms with E-state index < -0.39 is 5.91 Å². The van der Waals surface area contributed by atoms with Gasteiger partial charge in [0, 0.05) is 18.1 Å². The number of carbonyl (C=O) groups is 1. The lowest BCUT2D eigenvalue weighted by atomic mass is 9.95. The van der Waals surface area contributed by atoms with E-state index in [1.165, 1.54) is 7.11 Å². The van der Waals surface area contributed by atoms with Gasteiger partial charge in [-0.25, -0.2) is 4.98 Å². The van der Waals surface area contributed by atoms with Gasteiger partial charge in [-0.3, -0.25) is 4.79 Å². The van der Waals surface area contributed by atoms with Gasteiger partial charge in [-0.15, -0.1) is 0 Å². The summed E-state index contributed by atoms with van der Waals surface area (Å²) in [4.78, 5) is 16.8. The molecule has 0 bridgehead atoms. The summed E-state index contributed by atoms with van der Waals surface area (Å²) in [5.41, 5.74) is 2.09. The summed E-state index contributed by atoms with van der Waals surface area (Å²) >= 11 is 0. The molecule has 0 radical (unpaired) electrons. The van der Waals surface area contributed by atoms with E-state index in [9.17, 15) is 10.1 Å². The molecule has 0 unspecified atom stereocenters. The highest BCUT2D eigenvalue weighted by Crippen LogP contribution is 2.31. The first-order valence-electron chi connectivity index (χ1n) is 9.06. The number of nitrogens with zero attached hydrogens (tertiary/aromatic N) is 2. The average molecular weight is 397 g/mol. The summed E-state index contributed by atoms with van der Waals surface area (Å²) in [6.07, 6.45) is 0.597. The normalized spacial score (nSPS) is 14.3. The molecular formula is C21H23N3O5. The number of rotatable bonds is 6. The second-order valence-electron chi connectivity index (χ2n) is 7.19. The lowest BCUT2D eigenvalue weighted by Gasteiger charge is -2.31. The molecule has 1 amide bonds. The van der Waals surface area contributed by atoms with E-state index in [2.05, 4.69) is 16.4 Å². The standard InChI is InChI=1S/C21H23N3O5/c1-21(2)9-17-14(11-29-21)7-13(10-22)20(24-17)28-12-19(25)23-16-6-5-15(26-3)8-18(16)27-4/h5-8H,9,11-12H2,1-4H3,(H,23,25). The molecule has 0 atom stereocenters. The molecule has 0 spiro atoms. The first kappa shape index (κ1) is 20.4. The van der Waals surface area contributed by atoms with Crippen molar-refractivity contribution in [1.29, 1.82) is 5.26 Å². The third kappa shape index (κ3) is 4.76. The van der Waals surface area contributed by atoms with Crippen molar-refractivity contribution in [2.24, 2.45) is 0 Å². The van der Waals surface area contributed by atoms with Crippen LogP contribution < -0.4 is 19.5 Å². The molecule has 0 aliphatic carbocycles. The Morgan fingerprint density at radius 1 is 1.31 bits per heavy atom. The second kappa shape index (κ2) is 8.37. The molecule has 0 saturated carbocycles. The van der Waals surface area contributed by atoms with Gasteiger partial charge in [-0.2, -0.15) is 5.26 Å². The lowest BCUT2D eigenvalue weighted by Crippen LogP contribution is -2.32. The van der Waals surface area contributed by atoms with Crippen LogP contribution in [0.25, 0.3) is 0 Å². The molecule has 2 heterocycles. The zero-order valence-electron chi connectivity index (χ0n) is 16.9. The minimum absolute atomic E-state index is 0.140. The van der Waals surface area contributed by atoms with Crippen molar-refractivity contribution in [2.45, 2.75) is 32.5 Å². The Bertz CT molecular complexity index is 966. The summed E-state index contributed by atoms with van der Waals surface area (Å²) in [6.45, 7) is 4.05. The second-order valence-corrected chi connectivity index (χ2v) is 7.19. The van der Waals surface area contributed by atoms with Crippen LogP contribution in [0.2, 0.25) is 0 Å². The number of methoxy groups -OCH3 is 2. The third-order valence-electron chi connectivity index (χ3n) is 4.51. The predicted molar refractivity (Wildman–Crippen MR) is 105 cm³/mol. The number of nitrogens with one attached hydrogen (secondary N) is 1. The van der Waals surface area contributed by atoms with E-state index in [1.54, 1.807) is 31.4 Å². The molecular weight excluding hydrogens is 374 g/mol. The molecule has 3 rings (SSSR count). The minimum atomic E-state index is -0.402. The molecule has 8 heteroatoms. The largest absolute Gasteiger partial charge is 0.497 e. The molecule has 152 valence electrons. The number of anilines is 1. The van der Waals surface area contributed by atoms with Crippen molar-refractivity contribution in [1.82, 2.24) is 4.98 Å². The number of amides is 1. The van der Waals surface area contributed by atoms with Crippen LogP contribution in [0.1, 0.15) is 30.7 Å². The Morgan fingerprint density at radius 3 is 2.79 bits per heavy atom. The van der Waals surface area contributed by atoms with Crippen LogP contribution >= 0.6 is 0 Å². The molecule has 1 aliphatic rings. The van der Waals surface area contributed by atoms with Gasteiger partial charge in [-0.1, -0.05) is 0 Å². The maximum absolute atomic E-state index is 12.3. The number of hydrogen-bond donors (Lipinski definition) is 1. The molecule has 0 saturated heterocycles. The van der Waals surface area contributed by atoms with Crippen molar-refractivity contribution in [3.05, 3.63) is 41.1 Å². The van der Waals surface area contributed by atoms with Gasteiger partial charge in [0.1, 0.15) is 23.1 Å². The van der Waals surface area contributed by atoms with E-state index in [0.29, 0.717) is 30.2 Å². The number of benzene rings is 1. The van der Waals surface area contributed by atoms with Gasteiger partial charge < -0.3 is 24.3 Å². The van der Waals surface area contributed by atoms with E-state index in [4.69, 9.17) is 18.9 Å². The summed E-state index contributed by atoms with van der Waals surface area (Å²) in [6, 6.07) is 8.82. The fourth-order valence-electron chi connectivity index (χ4n) is 2.99. The van der Waals surface area contributed by atoms with E-state index >= 15 is 0 Å². The summed E-state index contributed by atoms with van der Waals surface area (Å²) in [7, 11) is 3.05. The van der Waals surface area contributed by atoms with Crippen molar-refractivity contribution in [2.75, 3.05) is 26.1 Å². The van der Waals surface area contributed by atoms with Gasteiger partial charge in [0.05, 0.1) is 37.8 Å². The van der Waals surface area contributed by atoms with Crippen LogP contribution in [0.4, 0.5) is 5.69 Å². The van der Waals surface area contributed by atoms with Crippen molar-refractivity contribution >= 4 is 11.6 Å². The summed E-state index contributed by atoms with van der Waals surface area (Å²) < 4.78 is 21.7. The highest BCUT2D eigenvalue weighted by atomic mass is 16.5. The van der Waals surface area contributed by atoms with Gasteiger partial charge >= 0.3 is 0 Å². The average Bonchev–Trinajstić information content (AvgIpc) is 2.71. The summed E-state index contributed by atoms with van der Waals surface area (Å²) in [5, 5.41) is 12.1. The van der Waals surface area contributed by atoms with Crippen LogP contribution in [0, 0.1) is 11.3 Å². The molecule has 1 N–H and O–H groups in total. The third-order valence-corrected chi connectivity index (χ3v) is 4.51. The Morgan fingerprint density at radius 2 is 2.10 bits per heavy atom. The van der Waals surface area contributed by atoms with E-state index in [0.717, 1.165) is 11.3 Å². The molecule has 1 aliphatic heterocycles. The highest BCUT2D eigenvalue weighted by molar-refractivity contribution is 5.93. The maximum atomic E-state index is 12.3. The fourth-order valence-corrected chi connectivity index (χ4v) is 2.99. The van der Waals surface area contributed by atoms with Gasteiger partial charge in [0.2, 0.25) is 5.88 Å². The van der Waals surface area contributed by atoms with Crippen LogP contribution in [0.15, 0.2) is 24.3 Å². The zero-order chi connectivity index (χ0) is 21.0. The number of ether oxygens (including phenoxy) is 4. The Balaban J connectivity index is 1.71. The van der Waals surface area contributed by atoms with Crippen LogP contribution in [0.3, 0.4) is 0 Å². The number of hydrogen-bond acceptors (Lipinski definition) is 7. The Hall–Kier alpha value is -3.31. The van der Waals surface area contributed by atoms with Gasteiger partial charge in [-0.05, 0) is 32.0 Å². The van der Waals surface area contributed by atoms with Crippen LogP contribution in [-0.2, 0) is 22.6 Å². The molecule has 1 aromatic heterocycles. The van der Waals surface area contributed by atoms with Gasteiger partial charge in [0.15, 0.2) is 6.61 Å². The number of fused-ring (bicyclic) bond motifs is 1. The lowest BCUT2D eigenvalue weighted by molar-refractivity contribution is -0.118. The van der Waals surface area contributed by atoms with E-state index in [-0.39, 0.29) is 23.7 Å². The minimum Gasteiger partial charge on any atom is -0.497 e. The van der Waals surface area contributed by atoms with Crippen molar-refractivity contribution in [3.8, 4) is 23.4 Å². The predicted octanol–water partition coefficient (Wildman–Crippen LogP) is 2.84. The van der Waals surface area contributed by atoms with Crippen molar-refractivity contribution in [3.63, 3.8) is 0 Å². The number of pyridine rings is 1. The molecule has 0 fully saturated rings. The summed E-state index contributed by atoms with van der Waals surface area (Å²) in [5.74, 6) is 0.811. The quantitative estimate of drug-likeness (QED) is 0.799. The molecule has 29 heavy (non-hydrogen) atoms. The number of carbonyl (C=O) groups excluding carboxylic acids is 1. The van der Waals surface area contributed by atoms with Crippen molar-refractivity contribution < 1.29 is 23.7 Å². The zero-order valence-corrected chi connectivity index (χ0v) is 16.9.